The Bertz CT molecular complexity index is 723. The Morgan fingerprint density at radius 1 is 0.967 bits per heavy atom. The van der Waals surface area contributed by atoms with Crippen molar-refractivity contribution in [3.05, 3.63) is 22.8 Å². The minimum Gasteiger partial charge on any atom is -0.393 e. The van der Waals surface area contributed by atoms with E-state index < -0.39 is 0 Å². The van der Waals surface area contributed by atoms with Gasteiger partial charge in [-0.1, -0.05) is 57.4 Å². The van der Waals surface area contributed by atoms with Gasteiger partial charge in [0, 0.05) is 0 Å². The first-order chi connectivity index (χ1) is 14.0. The van der Waals surface area contributed by atoms with Crippen molar-refractivity contribution in [3.63, 3.8) is 0 Å². The van der Waals surface area contributed by atoms with Crippen LogP contribution in [0.5, 0.6) is 0 Å². The first kappa shape index (κ1) is 22.6. The normalized spacial score (nSPS) is 43.5. The highest BCUT2D eigenvalue weighted by molar-refractivity contribution is 5.37. The van der Waals surface area contributed by atoms with E-state index in [-0.39, 0.29) is 11.5 Å². The molecule has 0 unspecified atom stereocenters. The number of aliphatic hydroxyl groups excluding tert-OH is 1. The fourth-order valence-electron chi connectivity index (χ4n) is 9.00. The maximum absolute atomic E-state index is 10.8. The zero-order valence-corrected chi connectivity index (χ0v) is 21.0. The molecule has 4 aliphatic carbocycles. The van der Waals surface area contributed by atoms with Crippen LogP contribution in [0.1, 0.15) is 113 Å². The molecule has 4 aliphatic rings. The molecule has 2 fully saturated rings. The lowest BCUT2D eigenvalue weighted by Crippen LogP contribution is -2.53. The van der Waals surface area contributed by atoms with Crippen LogP contribution >= 0.6 is 0 Å². The van der Waals surface area contributed by atoms with E-state index in [0.29, 0.717) is 16.7 Å². The Morgan fingerprint density at radius 3 is 2.30 bits per heavy atom. The molecular weight excluding hydrogens is 364 g/mol. The van der Waals surface area contributed by atoms with Gasteiger partial charge < -0.3 is 5.11 Å². The fourth-order valence-corrected chi connectivity index (χ4v) is 9.00. The molecule has 1 N–H and O–H groups in total. The lowest BCUT2D eigenvalue weighted by atomic mass is 9.45. The van der Waals surface area contributed by atoms with Crippen LogP contribution < -0.4 is 0 Å². The highest BCUT2D eigenvalue weighted by Gasteiger charge is 2.59. The monoisotopic (exact) mass is 412 g/mol. The molecule has 0 aromatic rings. The van der Waals surface area contributed by atoms with Crippen LogP contribution in [0, 0.1) is 39.9 Å². The molecule has 170 valence electrons. The quantitative estimate of drug-likeness (QED) is 0.462. The summed E-state index contributed by atoms with van der Waals surface area (Å²) in [6.07, 6.45) is 15.3. The van der Waals surface area contributed by atoms with Gasteiger partial charge in [0.25, 0.3) is 0 Å². The van der Waals surface area contributed by atoms with Crippen molar-refractivity contribution in [1.82, 2.24) is 0 Å². The molecule has 0 saturated heterocycles. The summed E-state index contributed by atoms with van der Waals surface area (Å²) in [5.41, 5.74) is 6.06. The average molecular weight is 413 g/mol. The number of aliphatic hydroxyl groups is 1. The van der Waals surface area contributed by atoms with Crippen LogP contribution in [0.4, 0.5) is 0 Å². The highest BCUT2D eigenvalue weighted by atomic mass is 16.3. The van der Waals surface area contributed by atoms with Gasteiger partial charge in [0.1, 0.15) is 0 Å². The zero-order chi connectivity index (χ0) is 21.9. The molecule has 0 bridgehead atoms. The van der Waals surface area contributed by atoms with Crippen LogP contribution in [-0.4, -0.2) is 11.2 Å². The molecule has 0 aromatic carbocycles. The molecule has 1 nitrogen and oxygen atoms in total. The second-order valence-corrected chi connectivity index (χ2v) is 12.9. The van der Waals surface area contributed by atoms with Crippen LogP contribution in [0.25, 0.3) is 0 Å². The highest BCUT2D eigenvalue weighted by Crippen LogP contribution is 2.68. The van der Waals surface area contributed by atoms with Gasteiger partial charge in [0.15, 0.2) is 0 Å². The SMILES string of the molecule is CC(C)=CCC[C@@H](C)[C@H]1CC[C@]2(C)C3=C(CC[C@H]12)[C@@]1(C)CC[C@H](O)C(C)(C)[C@@H]1CC3. The molecule has 0 aliphatic heterocycles. The van der Waals surface area contributed by atoms with Crippen LogP contribution in [0.15, 0.2) is 22.8 Å². The van der Waals surface area contributed by atoms with Gasteiger partial charge in [-0.2, -0.15) is 0 Å². The van der Waals surface area contributed by atoms with Crippen molar-refractivity contribution < 1.29 is 5.11 Å². The second kappa shape index (κ2) is 7.79. The van der Waals surface area contributed by atoms with E-state index in [1.807, 2.05) is 11.1 Å². The van der Waals surface area contributed by atoms with Gasteiger partial charge in [-0.05, 0) is 118 Å². The van der Waals surface area contributed by atoms with E-state index in [4.69, 9.17) is 0 Å². The lowest BCUT2D eigenvalue weighted by molar-refractivity contribution is -0.0931. The summed E-state index contributed by atoms with van der Waals surface area (Å²) in [4.78, 5) is 0. The van der Waals surface area contributed by atoms with Gasteiger partial charge in [0.05, 0.1) is 6.10 Å². The predicted molar refractivity (Wildman–Crippen MR) is 128 cm³/mol. The maximum atomic E-state index is 10.8. The van der Waals surface area contributed by atoms with E-state index in [1.165, 1.54) is 63.4 Å². The van der Waals surface area contributed by atoms with Gasteiger partial charge >= 0.3 is 0 Å². The van der Waals surface area contributed by atoms with E-state index in [9.17, 15) is 5.11 Å². The third-order valence-corrected chi connectivity index (χ3v) is 10.8. The third kappa shape index (κ3) is 3.37. The summed E-state index contributed by atoms with van der Waals surface area (Å²) in [5.74, 6) is 3.32. The van der Waals surface area contributed by atoms with Crippen molar-refractivity contribution >= 4 is 0 Å². The fraction of sp³-hybridized carbons (Fsp3) is 0.862. The number of hydrogen-bond acceptors (Lipinski definition) is 1. The third-order valence-electron chi connectivity index (χ3n) is 10.8. The van der Waals surface area contributed by atoms with Crippen molar-refractivity contribution in [2.75, 3.05) is 0 Å². The van der Waals surface area contributed by atoms with E-state index in [0.717, 1.165) is 24.2 Å². The topological polar surface area (TPSA) is 20.2 Å². The van der Waals surface area contributed by atoms with Crippen LogP contribution in [-0.2, 0) is 0 Å². The van der Waals surface area contributed by atoms with E-state index >= 15 is 0 Å². The number of rotatable bonds is 4. The molecule has 0 aromatic heterocycles. The predicted octanol–water partition coefficient (Wildman–Crippen LogP) is 8.09. The van der Waals surface area contributed by atoms with Gasteiger partial charge in [0.2, 0.25) is 0 Å². The Labute approximate surface area is 186 Å². The second-order valence-electron chi connectivity index (χ2n) is 12.9. The first-order valence-electron chi connectivity index (χ1n) is 13.1. The minimum absolute atomic E-state index is 0.0565. The van der Waals surface area contributed by atoms with E-state index in [1.54, 1.807) is 0 Å². The molecule has 0 heterocycles. The molecule has 30 heavy (non-hydrogen) atoms. The molecule has 4 rings (SSSR count). The molecule has 2 saturated carbocycles. The summed E-state index contributed by atoms with van der Waals surface area (Å²) in [5, 5.41) is 10.8. The summed E-state index contributed by atoms with van der Waals surface area (Å²) < 4.78 is 0. The number of fused-ring (bicyclic) bond motifs is 4. The zero-order valence-electron chi connectivity index (χ0n) is 21.0. The summed E-state index contributed by atoms with van der Waals surface area (Å²) in [6.45, 7) is 16.9. The number of hydrogen-bond donors (Lipinski definition) is 1. The largest absolute Gasteiger partial charge is 0.393 e. The molecule has 0 spiro atoms. The average Bonchev–Trinajstić information content (AvgIpc) is 3.02. The van der Waals surface area contributed by atoms with Crippen molar-refractivity contribution in [3.8, 4) is 0 Å². The molecule has 7 atom stereocenters. The van der Waals surface area contributed by atoms with Gasteiger partial charge in [-0.25, -0.2) is 0 Å². The van der Waals surface area contributed by atoms with Gasteiger partial charge in [-0.3, -0.25) is 0 Å². The summed E-state index contributed by atoms with van der Waals surface area (Å²) in [7, 11) is 0. The number of allylic oxidation sites excluding steroid dienone is 4. The first-order valence-corrected chi connectivity index (χ1v) is 13.1. The molecule has 1 heteroatoms. The van der Waals surface area contributed by atoms with Crippen molar-refractivity contribution in [2.24, 2.45) is 39.9 Å². The van der Waals surface area contributed by atoms with Crippen molar-refractivity contribution in [2.45, 2.75) is 119 Å². The molecule has 0 amide bonds. The summed E-state index contributed by atoms with van der Waals surface area (Å²) in [6, 6.07) is 0. The van der Waals surface area contributed by atoms with E-state index in [2.05, 4.69) is 54.5 Å². The summed E-state index contributed by atoms with van der Waals surface area (Å²) >= 11 is 0. The Balaban J connectivity index is 1.59. The maximum Gasteiger partial charge on any atom is 0.0594 e. The smallest absolute Gasteiger partial charge is 0.0594 e. The van der Waals surface area contributed by atoms with Gasteiger partial charge in [-0.15, -0.1) is 0 Å². The molecule has 0 radical (unpaired) electrons. The molecular formula is C29H48O. The Hall–Kier alpha value is -0.560. The van der Waals surface area contributed by atoms with Crippen LogP contribution in [0.3, 0.4) is 0 Å². The Morgan fingerprint density at radius 2 is 1.60 bits per heavy atom. The minimum atomic E-state index is -0.123. The standard InChI is InChI=1S/C29H48O/c1-19(2)9-8-10-20(3)21-15-17-28(6)22(21)11-12-24-23(28)13-14-25-27(4,5)26(30)16-18-29(24,25)7/h9,20-22,25-26,30H,8,10-18H2,1-7H3/t20-,21-,22-,25+,26+,28+,29-/m1/s1. The van der Waals surface area contributed by atoms with Crippen LogP contribution in [0.2, 0.25) is 0 Å². The van der Waals surface area contributed by atoms with Crippen molar-refractivity contribution in [1.29, 1.82) is 0 Å². The lowest BCUT2D eigenvalue weighted by Gasteiger charge is -2.60. The Kier molecular flexibility index (Phi) is 5.87.